The van der Waals surface area contributed by atoms with Gasteiger partial charge in [-0.3, -0.25) is 4.79 Å². The molecule has 0 aliphatic rings. The Morgan fingerprint density at radius 1 is 1.64 bits per heavy atom. The molecule has 0 fully saturated rings. The lowest BCUT2D eigenvalue weighted by molar-refractivity contribution is -0.138. The molecule has 0 saturated heterocycles. The minimum atomic E-state index is -0.958. The minimum absolute atomic E-state index is 0. The Hall–Kier alpha value is -0.320. The second-order valence-electron chi connectivity index (χ2n) is 2.52. The molecule has 0 amide bonds. The number of aliphatic carboxylic acids is 1. The smallest absolute Gasteiger partial charge is 0.320 e. The number of carbonyl (C=O) groups is 1. The van der Waals surface area contributed by atoms with Gasteiger partial charge in [0.25, 0.3) is 0 Å². The van der Waals surface area contributed by atoms with Crippen molar-refractivity contribution in [1.29, 1.82) is 0 Å². The van der Waals surface area contributed by atoms with Crippen molar-refractivity contribution in [2.45, 2.75) is 19.4 Å². The van der Waals surface area contributed by atoms with E-state index in [9.17, 15) is 4.79 Å². The summed E-state index contributed by atoms with van der Waals surface area (Å²) in [7, 11) is 0. The molecule has 5 heteroatoms. The fraction of sp³-hybridized carbons (Fsp3) is 0.833. The maximum absolute atomic E-state index is 10.2. The monoisotopic (exact) mass is 182 g/mol. The normalized spacial score (nSPS) is 14.8. The second-order valence-corrected chi connectivity index (χ2v) is 2.52. The molecule has 0 spiro atoms. The van der Waals surface area contributed by atoms with Crippen LogP contribution in [-0.4, -0.2) is 23.7 Å². The number of carboxylic acid groups (broad SMARTS) is 1. The average molecular weight is 183 g/mol. The van der Waals surface area contributed by atoms with Gasteiger partial charge in [-0.25, -0.2) is 0 Å². The molecule has 0 saturated carbocycles. The van der Waals surface area contributed by atoms with Gasteiger partial charge in [-0.2, -0.15) is 0 Å². The largest absolute Gasteiger partial charge is 0.480 e. The maximum Gasteiger partial charge on any atom is 0.320 e. The molecule has 68 valence electrons. The van der Waals surface area contributed by atoms with Crippen LogP contribution in [0.5, 0.6) is 0 Å². The summed E-state index contributed by atoms with van der Waals surface area (Å²) in [5.41, 5.74) is 10.5. The molecule has 0 rings (SSSR count). The zero-order valence-corrected chi connectivity index (χ0v) is 7.30. The van der Waals surface area contributed by atoms with Crippen LogP contribution in [0.4, 0.5) is 0 Å². The van der Waals surface area contributed by atoms with Crippen LogP contribution in [0.3, 0.4) is 0 Å². The van der Waals surface area contributed by atoms with E-state index in [-0.39, 0.29) is 18.3 Å². The summed E-state index contributed by atoms with van der Waals surface area (Å²) in [5.74, 6) is -0.772. The van der Waals surface area contributed by atoms with Gasteiger partial charge >= 0.3 is 5.97 Å². The third-order valence-electron chi connectivity index (χ3n) is 1.38. The standard InChI is InChI=1S/C6H14N2O2.ClH/c1-4(3-7)2-5(8)6(9)10;/h4-5H,2-3,7-8H2,1H3,(H,9,10);1H. The molecule has 0 aliphatic carbocycles. The van der Waals surface area contributed by atoms with Crippen molar-refractivity contribution in [3.63, 3.8) is 0 Å². The predicted octanol–water partition coefficient (Wildman–Crippen LogP) is -0.195. The Bertz CT molecular complexity index is 121. The molecule has 0 aromatic rings. The molecule has 0 aromatic carbocycles. The Morgan fingerprint density at radius 3 is 2.36 bits per heavy atom. The van der Waals surface area contributed by atoms with Crippen molar-refractivity contribution >= 4 is 18.4 Å². The Kier molecular flexibility index (Phi) is 7.72. The fourth-order valence-electron chi connectivity index (χ4n) is 0.631. The summed E-state index contributed by atoms with van der Waals surface area (Å²) in [5, 5.41) is 8.36. The van der Waals surface area contributed by atoms with Gasteiger partial charge in [0.1, 0.15) is 6.04 Å². The number of hydrogen-bond acceptors (Lipinski definition) is 3. The highest BCUT2D eigenvalue weighted by molar-refractivity contribution is 5.85. The molecule has 5 N–H and O–H groups in total. The van der Waals surface area contributed by atoms with Crippen molar-refractivity contribution in [1.82, 2.24) is 0 Å². The maximum atomic E-state index is 10.2. The quantitative estimate of drug-likeness (QED) is 0.562. The van der Waals surface area contributed by atoms with Gasteiger partial charge in [0, 0.05) is 0 Å². The van der Waals surface area contributed by atoms with E-state index in [0.29, 0.717) is 13.0 Å². The van der Waals surface area contributed by atoms with Gasteiger partial charge in [-0.05, 0) is 18.9 Å². The number of nitrogens with two attached hydrogens (primary N) is 2. The molecule has 11 heavy (non-hydrogen) atoms. The molecule has 2 atom stereocenters. The van der Waals surface area contributed by atoms with Crippen molar-refractivity contribution in [3.05, 3.63) is 0 Å². The van der Waals surface area contributed by atoms with E-state index < -0.39 is 12.0 Å². The van der Waals surface area contributed by atoms with Crippen molar-refractivity contribution in [3.8, 4) is 0 Å². The summed E-state index contributed by atoms with van der Waals surface area (Å²) in [6, 6.07) is -0.765. The van der Waals surface area contributed by atoms with Crippen molar-refractivity contribution in [2.75, 3.05) is 6.54 Å². The number of carboxylic acids is 1. The van der Waals surface area contributed by atoms with E-state index in [4.69, 9.17) is 16.6 Å². The van der Waals surface area contributed by atoms with Crippen LogP contribution < -0.4 is 11.5 Å². The zero-order valence-electron chi connectivity index (χ0n) is 6.49. The molecule has 0 heterocycles. The van der Waals surface area contributed by atoms with Gasteiger partial charge < -0.3 is 16.6 Å². The third-order valence-corrected chi connectivity index (χ3v) is 1.38. The lowest BCUT2D eigenvalue weighted by Gasteiger charge is -2.10. The van der Waals surface area contributed by atoms with Crippen LogP contribution in [0.1, 0.15) is 13.3 Å². The molecule has 0 aromatic heterocycles. The summed E-state index contributed by atoms with van der Waals surface area (Å²) < 4.78 is 0. The van der Waals surface area contributed by atoms with E-state index in [1.165, 1.54) is 0 Å². The van der Waals surface area contributed by atoms with E-state index in [1.54, 1.807) is 0 Å². The summed E-state index contributed by atoms with van der Waals surface area (Å²) >= 11 is 0. The summed E-state index contributed by atoms with van der Waals surface area (Å²) in [6.07, 6.45) is 0.450. The number of halogens is 1. The first kappa shape index (κ1) is 13.3. The van der Waals surface area contributed by atoms with E-state index in [1.807, 2.05) is 6.92 Å². The van der Waals surface area contributed by atoms with E-state index in [0.717, 1.165) is 0 Å². The Balaban J connectivity index is 0. The fourth-order valence-corrected chi connectivity index (χ4v) is 0.631. The molecule has 4 nitrogen and oxygen atoms in total. The van der Waals surface area contributed by atoms with Crippen LogP contribution in [-0.2, 0) is 4.79 Å². The average Bonchev–Trinajstić information content (AvgIpc) is 1.87. The van der Waals surface area contributed by atoms with Crippen LogP contribution >= 0.6 is 12.4 Å². The number of hydrogen-bond donors (Lipinski definition) is 3. The topological polar surface area (TPSA) is 89.3 Å². The molecular weight excluding hydrogens is 168 g/mol. The molecular formula is C6H15ClN2O2. The van der Waals surface area contributed by atoms with Gasteiger partial charge in [0.15, 0.2) is 0 Å². The van der Waals surface area contributed by atoms with Gasteiger partial charge in [0.05, 0.1) is 0 Å². The van der Waals surface area contributed by atoms with Crippen molar-refractivity contribution in [2.24, 2.45) is 17.4 Å². The predicted molar refractivity (Wildman–Crippen MR) is 45.7 cm³/mol. The van der Waals surface area contributed by atoms with Crippen LogP contribution in [0, 0.1) is 5.92 Å². The summed E-state index contributed by atoms with van der Waals surface area (Å²) in [6.45, 7) is 2.36. The van der Waals surface area contributed by atoms with Crippen LogP contribution in [0.2, 0.25) is 0 Å². The highest BCUT2D eigenvalue weighted by Gasteiger charge is 2.13. The van der Waals surface area contributed by atoms with E-state index >= 15 is 0 Å². The van der Waals surface area contributed by atoms with Crippen molar-refractivity contribution < 1.29 is 9.90 Å². The lowest BCUT2D eigenvalue weighted by Crippen LogP contribution is -2.33. The molecule has 2 unspecified atom stereocenters. The highest BCUT2D eigenvalue weighted by Crippen LogP contribution is 2.01. The Labute approximate surface area is 72.4 Å². The third kappa shape index (κ3) is 6.09. The SMILES string of the molecule is CC(CN)CC(N)C(=O)O.Cl. The molecule has 0 aliphatic heterocycles. The highest BCUT2D eigenvalue weighted by atomic mass is 35.5. The molecule has 0 radical (unpaired) electrons. The van der Waals surface area contributed by atoms with E-state index in [2.05, 4.69) is 0 Å². The first-order valence-electron chi connectivity index (χ1n) is 3.26. The minimum Gasteiger partial charge on any atom is -0.480 e. The van der Waals surface area contributed by atoms with Gasteiger partial charge in [0.2, 0.25) is 0 Å². The first-order valence-corrected chi connectivity index (χ1v) is 3.26. The van der Waals surface area contributed by atoms with Gasteiger partial charge in [-0.1, -0.05) is 6.92 Å². The molecule has 0 bridgehead atoms. The van der Waals surface area contributed by atoms with Gasteiger partial charge in [-0.15, -0.1) is 12.4 Å². The van der Waals surface area contributed by atoms with Crippen LogP contribution in [0.25, 0.3) is 0 Å². The summed E-state index contributed by atoms with van der Waals surface area (Å²) in [4.78, 5) is 10.2. The first-order chi connectivity index (χ1) is 4.57. The van der Waals surface area contributed by atoms with Crippen LogP contribution in [0.15, 0.2) is 0 Å². The number of rotatable bonds is 4. The zero-order chi connectivity index (χ0) is 8.15. The second kappa shape index (κ2) is 6.39. The lowest BCUT2D eigenvalue weighted by atomic mass is 10.0. The Morgan fingerprint density at radius 2 is 2.09 bits per heavy atom.